The highest BCUT2D eigenvalue weighted by Gasteiger charge is 2.17. The van der Waals surface area contributed by atoms with Crippen LogP contribution in [0, 0.1) is 11.3 Å². The van der Waals surface area contributed by atoms with Crippen molar-refractivity contribution in [2.45, 2.75) is 0 Å². The summed E-state index contributed by atoms with van der Waals surface area (Å²) in [5.41, 5.74) is 9.39. The predicted octanol–water partition coefficient (Wildman–Crippen LogP) is 9.79. The van der Waals surface area contributed by atoms with Gasteiger partial charge in [-0.05, 0) is 77.9 Å². The van der Waals surface area contributed by atoms with Gasteiger partial charge in [0, 0.05) is 33.5 Å². The maximum atomic E-state index is 9.57. The molecule has 3 nitrogen and oxygen atoms in total. The Bertz CT molecular complexity index is 1960. The number of rotatable bonds is 5. The van der Waals surface area contributed by atoms with E-state index in [1.165, 1.54) is 10.8 Å². The molecule has 0 fully saturated rings. The van der Waals surface area contributed by atoms with Gasteiger partial charge in [-0.15, -0.1) is 0 Å². The Morgan fingerprint density at radius 1 is 0.500 bits per heavy atom. The fraction of sp³-hybridized carbons (Fsp3) is 0. The molecule has 0 aliphatic carbocycles. The van der Waals surface area contributed by atoms with Gasteiger partial charge in [-0.1, -0.05) is 84.9 Å². The van der Waals surface area contributed by atoms with Crippen molar-refractivity contribution in [2.24, 2.45) is 0 Å². The first-order chi connectivity index (χ1) is 19.8. The summed E-state index contributed by atoms with van der Waals surface area (Å²) in [5, 5.41) is 12.0. The predicted molar refractivity (Wildman–Crippen MR) is 166 cm³/mol. The molecular formula is C37H25N3. The van der Waals surface area contributed by atoms with Gasteiger partial charge in [0.1, 0.15) is 0 Å². The van der Waals surface area contributed by atoms with E-state index < -0.39 is 0 Å². The lowest BCUT2D eigenvalue weighted by Crippen LogP contribution is -2.09. The SMILES string of the molecule is N#Cc1ccccc1-c1ccc(-n2c3ccccc3c3cc(N(c4ccccc4)c4ccccc4)ccc32)cc1. The summed E-state index contributed by atoms with van der Waals surface area (Å²) in [6.45, 7) is 0. The van der Waals surface area contributed by atoms with Crippen LogP contribution < -0.4 is 4.90 Å². The smallest absolute Gasteiger partial charge is 0.0998 e. The quantitative estimate of drug-likeness (QED) is 0.230. The molecule has 188 valence electrons. The molecule has 0 saturated carbocycles. The standard InChI is InChI=1S/C37H25N3/c38-26-28-11-7-8-16-33(28)27-19-21-31(22-20-27)40-36-18-10-9-17-34(36)35-25-32(23-24-37(35)40)39(29-12-3-1-4-13-29)30-14-5-2-6-15-30/h1-25H. The molecule has 7 aromatic rings. The Labute approximate surface area is 233 Å². The third-order valence-electron chi connectivity index (χ3n) is 7.43. The molecule has 0 aliphatic heterocycles. The Morgan fingerprint density at radius 3 is 1.80 bits per heavy atom. The number of hydrogen-bond donors (Lipinski definition) is 0. The van der Waals surface area contributed by atoms with Crippen LogP contribution in [0.25, 0.3) is 38.6 Å². The minimum atomic E-state index is 0.682. The second kappa shape index (κ2) is 9.94. The lowest BCUT2D eigenvalue weighted by atomic mass is 10.0. The van der Waals surface area contributed by atoms with Gasteiger partial charge in [-0.3, -0.25) is 0 Å². The number of nitriles is 1. The van der Waals surface area contributed by atoms with Gasteiger partial charge in [0.25, 0.3) is 0 Å². The maximum absolute atomic E-state index is 9.57. The van der Waals surface area contributed by atoms with Crippen molar-refractivity contribution in [2.75, 3.05) is 4.90 Å². The lowest BCUT2D eigenvalue weighted by molar-refractivity contribution is 1.18. The summed E-state index contributed by atoms with van der Waals surface area (Å²) in [4.78, 5) is 2.30. The molecule has 1 heterocycles. The average molecular weight is 512 g/mol. The highest BCUT2D eigenvalue weighted by Crippen LogP contribution is 2.39. The highest BCUT2D eigenvalue weighted by molar-refractivity contribution is 6.10. The van der Waals surface area contributed by atoms with Crippen LogP contribution in [0.4, 0.5) is 17.1 Å². The molecule has 3 heteroatoms. The molecule has 40 heavy (non-hydrogen) atoms. The number of para-hydroxylation sites is 3. The molecule has 0 amide bonds. The number of fused-ring (bicyclic) bond motifs is 3. The average Bonchev–Trinajstić information content (AvgIpc) is 3.36. The topological polar surface area (TPSA) is 32.0 Å². The maximum Gasteiger partial charge on any atom is 0.0998 e. The number of aromatic nitrogens is 1. The summed E-state index contributed by atoms with van der Waals surface area (Å²) < 4.78 is 2.32. The summed E-state index contributed by atoms with van der Waals surface area (Å²) in [5.74, 6) is 0. The normalized spacial score (nSPS) is 11.0. The first-order valence-electron chi connectivity index (χ1n) is 13.4. The second-order valence-electron chi connectivity index (χ2n) is 9.76. The van der Waals surface area contributed by atoms with Crippen molar-refractivity contribution in [1.82, 2.24) is 4.57 Å². The van der Waals surface area contributed by atoms with Gasteiger partial charge < -0.3 is 9.47 Å². The van der Waals surface area contributed by atoms with Crippen LogP contribution in [0.3, 0.4) is 0 Å². The Balaban J connectivity index is 1.39. The van der Waals surface area contributed by atoms with E-state index in [1.807, 2.05) is 36.4 Å². The van der Waals surface area contributed by atoms with Crippen molar-refractivity contribution >= 4 is 38.9 Å². The van der Waals surface area contributed by atoms with Crippen LogP contribution in [0.5, 0.6) is 0 Å². The van der Waals surface area contributed by atoms with Gasteiger partial charge in [0.05, 0.1) is 22.7 Å². The zero-order valence-corrected chi connectivity index (χ0v) is 21.8. The summed E-state index contributed by atoms with van der Waals surface area (Å²) in [7, 11) is 0. The third-order valence-corrected chi connectivity index (χ3v) is 7.43. The molecule has 1 aromatic heterocycles. The Morgan fingerprint density at radius 2 is 1.10 bits per heavy atom. The number of benzene rings is 6. The van der Waals surface area contributed by atoms with E-state index in [2.05, 4.69) is 131 Å². The molecule has 6 aromatic carbocycles. The zero-order chi connectivity index (χ0) is 26.9. The summed E-state index contributed by atoms with van der Waals surface area (Å²) in [6, 6.07) is 54.8. The minimum absolute atomic E-state index is 0.682. The van der Waals surface area contributed by atoms with Crippen molar-refractivity contribution in [3.63, 3.8) is 0 Å². The van der Waals surface area contributed by atoms with Crippen LogP contribution in [0.2, 0.25) is 0 Å². The van der Waals surface area contributed by atoms with E-state index in [1.54, 1.807) is 0 Å². The van der Waals surface area contributed by atoms with Crippen molar-refractivity contribution < 1.29 is 0 Å². The van der Waals surface area contributed by atoms with E-state index in [-0.39, 0.29) is 0 Å². The molecule has 0 atom stereocenters. The number of nitrogens with zero attached hydrogens (tertiary/aromatic N) is 3. The lowest BCUT2D eigenvalue weighted by Gasteiger charge is -2.25. The van der Waals surface area contributed by atoms with E-state index in [4.69, 9.17) is 0 Å². The molecule has 0 bridgehead atoms. The molecule has 0 unspecified atom stereocenters. The van der Waals surface area contributed by atoms with E-state index >= 15 is 0 Å². The van der Waals surface area contributed by atoms with Crippen LogP contribution in [0.1, 0.15) is 5.56 Å². The van der Waals surface area contributed by atoms with Gasteiger partial charge in [0.15, 0.2) is 0 Å². The number of hydrogen-bond acceptors (Lipinski definition) is 2. The number of anilines is 3. The first kappa shape index (κ1) is 23.5. The second-order valence-corrected chi connectivity index (χ2v) is 9.76. The first-order valence-corrected chi connectivity index (χ1v) is 13.4. The van der Waals surface area contributed by atoms with Gasteiger partial charge in [-0.25, -0.2) is 0 Å². The van der Waals surface area contributed by atoms with Crippen molar-refractivity contribution in [1.29, 1.82) is 5.26 Å². The van der Waals surface area contributed by atoms with Crippen LogP contribution >= 0.6 is 0 Å². The van der Waals surface area contributed by atoms with Gasteiger partial charge in [0.2, 0.25) is 0 Å². The van der Waals surface area contributed by atoms with E-state index in [9.17, 15) is 5.26 Å². The van der Waals surface area contributed by atoms with Crippen LogP contribution in [-0.4, -0.2) is 4.57 Å². The Hall–Kier alpha value is -5.59. The summed E-state index contributed by atoms with van der Waals surface area (Å²) in [6.07, 6.45) is 0. The highest BCUT2D eigenvalue weighted by atomic mass is 15.1. The molecule has 0 N–H and O–H groups in total. The van der Waals surface area contributed by atoms with Gasteiger partial charge >= 0.3 is 0 Å². The molecule has 0 saturated heterocycles. The van der Waals surface area contributed by atoms with Crippen molar-refractivity contribution in [3.05, 3.63) is 157 Å². The zero-order valence-electron chi connectivity index (χ0n) is 21.8. The monoisotopic (exact) mass is 511 g/mol. The molecule has 0 aliphatic rings. The van der Waals surface area contributed by atoms with Crippen LogP contribution in [0.15, 0.2) is 152 Å². The third kappa shape index (κ3) is 4.00. The van der Waals surface area contributed by atoms with Crippen LogP contribution in [-0.2, 0) is 0 Å². The molecular weight excluding hydrogens is 486 g/mol. The van der Waals surface area contributed by atoms with Gasteiger partial charge in [-0.2, -0.15) is 5.26 Å². The van der Waals surface area contributed by atoms with Crippen molar-refractivity contribution in [3.8, 4) is 22.9 Å². The molecule has 0 spiro atoms. The minimum Gasteiger partial charge on any atom is -0.310 e. The largest absolute Gasteiger partial charge is 0.310 e. The molecule has 0 radical (unpaired) electrons. The fourth-order valence-electron chi connectivity index (χ4n) is 5.60. The Kier molecular flexibility index (Phi) is 5.85. The van der Waals surface area contributed by atoms with E-state index in [0.29, 0.717) is 5.56 Å². The fourth-order valence-corrected chi connectivity index (χ4v) is 5.60. The van der Waals surface area contributed by atoms with E-state index in [0.717, 1.165) is 44.9 Å². The molecule has 7 rings (SSSR count). The summed E-state index contributed by atoms with van der Waals surface area (Å²) >= 11 is 0.